The molecule has 27 heavy (non-hydrogen) atoms. The third kappa shape index (κ3) is 5.67. The summed E-state index contributed by atoms with van der Waals surface area (Å²) in [6, 6.07) is 9.62. The Morgan fingerprint density at radius 3 is 1.85 bits per heavy atom. The second-order valence-electron chi connectivity index (χ2n) is 5.58. The number of carbonyl (C=O) groups is 1. The summed E-state index contributed by atoms with van der Waals surface area (Å²) in [5.74, 6) is 0.466. The predicted octanol–water partition coefficient (Wildman–Crippen LogP) is 3.25. The SMILES string of the molecule is COc1cc(/C=C/C(=O)/C=C(N)/C=C/c2ccc(O)c(OC)c2)ccc1O. The summed E-state index contributed by atoms with van der Waals surface area (Å²) in [6.07, 6.45) is 7.55. The number of rotatable bonds is 7. The predicted molar refractivity (Wildman–Crippen MR) is 105 cm³/mol. The molecule has 2 aromatic rings. The largest absolute Gasteiger partial charge is 0.504 e. The van der Waals surface area contributed by atoms with Crippen molar-refractivity contribution in [3.05, 3.63) is 71.5 Å². The van der Waals surface area contributed by atoms with Gasteiger partial charge in [-0.3, -0.25) is 4.79 Å². The minimum Gasteiger partial charge on any atom is -0.504 e. The monoisotopic (exact) mass is 367 g/mol. The molecule has 0 atom stereocenters. The molecule has 0 spiro atoms. The second kappa shape index (κ2) is 9.15. The molecule has 0 fully saturated rings. The Balaban J connectivity index is 2.05. The Morgan fingerprint density at radius 1 is 0.889 bits per heavy atom. The minimum absolute atomic E-state index is 0.0288. The van der Waals surface area contributed by atoms with Crippen molar-refractivity contribution in [1.29, 1.82) is 0 Å². The highest BCUT2D eigenvalue weighted by atomic mass is 16.5. The van der Waals surface area contributed by atoms with E-state index in [1.807, 2.05) is 0 Å². The van der Waals surface area contributed by atoms with Gasteiger partial charge in [-0.1, -0.05) is 24.3 Å². The Bertz CT molecular complexity index is 913. The van der Waals surface area contributed by atoms with Gasteiger partial charge in [-0.15, -0.1) is 0 Å². The van der Waals surface area contributed by atoms with Crippen molar-refractivity contribution in [2.24, 2.45) is 5.73 Å². The van der Waals surface area contributed by atoms with E-state index in [2.05, 4.69) is 0 Å². The maximum Gasteiger partial charge on any atom is 0.180 e. The van der Waals surface area contributed by atoms with Crippen LogP contribution < -0.4 is 15.2 Å². The van der Waals surface area contributed by atoms with Crippen LogP contribution in [0.2, 0.25) is 0 Å². The molecule has 0 unspecified atom stereocenters. The van der Waals surface area contributed by atoms with Gasteiger partial charge in [0.05, 0.1) is 14.2 Å². The molecular formula is C21H21NO5. The third-order valence-corrected chi connectivity index (χ3v) is 3.62. The first-order chi connectivity index (χ1) is 12.9. The van der Waals surface area contributed by atoms with Gasteiger partial charge in [-0.05, 0) is 47.5 Å². The number of aromatic hydroxyl groups is 2. The molecule has 0 aliphatic heterocycles. The lowest BCUT2D eigenvalue weighted by molar-refractivity contribution is -0.110. The topological polar surface area (TPSA) is 102 Å². The molecule has 0 aliphatic carbocycles. The van der Waals surface area contributed by atoms with Gasteiger partial charge in [0, 0.05) is 11.8 Å². The normalized spacial score (nSPS) is 11.9. The van der Waals surface area contributed by atoms with Gasteiger partial charge in [-0.25, -0.2) is 0 Å². The Morgan fingerprint density at radius 2 is 1.37 bits per heavy atom. The molecule has 2 rings (SSSR count). The maximum absolute atomic E-state index is 12.0. The van der Waals surface area contributed by atoms with Gasteiger partial charge in [-0.2, -0.15) is 0 Å². The Kier molecular flexibility index (Phi) is 6.66. The fourth-order valence-electron chi connectivity index (χ4n) is 2.23. The van der Waals surface area contributed by atoms with E-state index in [1.165, 1.54) is 38.5 Å². The van der Waals surface area contributed by atoms with Crippen LogP contribution in [0.5, 0.6) is 23.0 Å². The van der Waals surface area contributed by atoms with Crippen molar-refractivity contribution in [3.63, 3.8) is 0 Å². The molecule has 0 aliphatic rings. The van der Waals surface area contributed by atoms with Crippen molar-refractivity contribution in [2.45, 2.75) is 0 Å². The van der Waals surface area contributed by atoms with Crippen molar-refractivity contribution < 1.29 is 24.5 Å². The number of carbonyl (C=O) groups excluding carboxylic acids is 1. The molecule has 0 saturated carbocycles. The number of ether oxygens (including phenoxy) is 2. The number of ketones is 1. The quantitative estimate of drug-likeness (QED) is 0.513. The fourth-order valence-corrected chi connectivity index (χ4v) is 2.23. The number of nitrogens with two attached hydrogens (primary N) is 1. The summed E-state index contributed by atoms with van der Waals surface area (Å²) in [5.41, 5.74) is 7.59. The van der Waals surface area contributed by atoms with Gasteiger partial charge < -0.3 is 25.4 Å². The van der Waals surface area contributed by atoms with Crippen molar-refractivity contribution in [3.8, 4) is 23.0 Å². The van der Waals surface area contributed by atoms with Gasteiger partial charge in [0.15, 0.2) is 28.8 Å². The number of allylic oxidation sites excluding steroid dienone is 3. The number of benzene rings is 2. The number of phenols is 2. The van der Waals surface area contributed by atoms with Gasteiger partial charge in [0.25, 0.3) is 0 Å². The zero-order valence-corrected chi connectivity index (χ0v) is 15.0. The average Bonchev–Trinajstić information content (AvgIpc) is 2.66. The van der Waals surface area contributed by atoms with E-state index >= 15 is 0 Å². The minimum atomic E-state index is -0.285. The summed E-state index contributed by atoms with van der Waals surface area (Å²) in [5, 5.41) is 19.1. The highest BCUT2D eigenvalue weighted by Crippen LogP contribution is 2.27. The van der Waals surface area contributed by atoms with E-state index in [0.29, 0.717) is 17.1 Å². The molecule has 140 valence electrons. The van der Waals surface area contributed by atoms with E-state index in [4.69, 9.17) is 15.2 Å². The first kappa shape index (κ1) is 19.7. The molecule has 0 amide bonds. The van der Waals surface area contributed by atoms with Crippen LogP contribution in [-0.4, -0.2) is 30.2 Å². The fraction of sp³-hybridized carbons (Fsp3) is 0.0952. The third-order valence-electron chi connectivity index (χ3n) is 3.62. The van der Waals surface area contributed by atoms with Crippen LogP contribution in [0.25, 0.3) is 12.2 Å². The van der Waals surface area contributed by atoms with E-state index in [0.717, 1.165) is 5.56 Å². The number of methoxy groups -OCH3 is 2. The van der Waals surface area contributed by atoms with Crippen molar-refractivity contribution in [2.75, 3.05) is 14.2 Å². The van der Waals surface area contributed by atoms with Crippen LogP contribution in [0.4, 0.5) is 0 Å². The summed E-state index contributed by atoms with van der Waals surface area (Å²) < 4.78 is 10.1. The van der Waals surface area contributed by atoms with E-state index in [-0.39, 0.29) is 23.0 Å². The molecule has 0 radical (unpaired) electrons. The Hall–Kier alpha value is -3.67. The summed E-state index contributed by atoms with van der Waals surface area (Å²) in [4.78, 5) is 12.0. The lowest BCUT2D eigenvalue weighted by Crippen LogP contribution is -1.97. The van der Waals surface area contributed by atoms with E-state index < -0.39 is 0 Å². The van der Waals surface area contributed by atoms with Crippen molar-refractivity contribution in [1.82, 2.24) is 0 Å². The number of hydrogen-bond acceptors (Lipinski definition) is 6. The summed E-state index contributed by atoms with van der Waals surface area (Å²) >= 11 is 0. The van der Waals surface area contributed by atoms with Crippen LogP contribution in [-0.2, 0) is 4.79 Å². The summed E-state index contributed by atoms with van der Waals surface area (Å²) in [6.45, 7) is 0. The van der Waals surface area contributed by atoms with Crippen LogP contribution in [0.1, 0.15) is 11.1 Å². The highest BCUT2D eigenvalue weighted by molar-refractivity contribution is 6.02. The summed E-state index contributed by atoms with van der Waals surface area (Å²) in [7, 11) is 2.92. The van der Waals surface area contributed by atoms with Gasteiger partial charge in [0.2, 0.25) is 0 Å². The molecule has 4 N–H and O–H groups in total. The molecular weight excluding hydrogens is 346 g/mol. The lowest BCUT2D eigenvalue weighted by atomic mass is 10.1. The molecule has 0 saturated heterocycles. The first-order valence-electron chi connectivity index (χ1n) is 8.04. The molecule has 2 aromatic carbocycles. The van der Waals surface area contributed by atoms with Crippen LogP contribution in [0.15, 0.2) is 60.3 Å². The highest BCUT2D eigenvalue weighted by Gasteiger charge is 2.02. The first-order valence-corrected chi connectivity index (χ1v) is 8.04. The number of hydrogen-bond donors (Lipinski definition) is 3. The van der Waals surface area contributed by atoms with Crippen molar-refractivity contribution >= 4 is 17.9 Å². The molecule has 0 heterocycles. The van der Waals surface area contributed by atoms with Gasteiger partial charge in [0.1, 0.15) is 0 Å². The van der Waals surface area contributed by atoms with Crippen LogP contribution in [0, 0.1) is 0 Å². The Labute approximate surface area is 157 Å². The average molecular weight is 367 g/mol. The molecule has 0 aromatic heterocycles. The zero-order valence-electron chi connectivity index (χ0n) is 15.0. The lowest BCUT2D eigenvalue weighted by Gasteiger charge is -2.03. The van der Waals surface area contributed by atoms with E-state index in [9.17, 15) is 15.0 Å². The maximum atomic E-state index is 12.0. The second-order valence-corrected chi connectivity index (χ2v) is 5.58. The smallest absolute Gasteiger partial charge is 0.180 e. The number of phenolic OH excluding ortho intramolecular Hbond substituents is 2. The van der Waals surface area contributed by atoms with E-state index in [1.54, 1.807) is 42.5 Å². The molecule has 6 heteroatoms. The van der Waals surface area contributed by atoms with Crippen LogP contribution >= 0.6 is 0 Å². The molecule has 6 nitrogen and oxygen atoms in total. The van der Waals surface area contributed by atoms with Crippen LogP contribution in [0.3, 0.4) is 0 Å². The zero-order chi connectivity index (χ0) is 19.8. The molecule has 0 bridgehead atoms. The standard InChI is InChI=1S/C21H21NO5/c1-26-20-11-14(5-9-18(20)24)3-7-16(22)13-17(23)8-4-15-6-10-19(25)21(12-15)27-2/h3-13,24-25H,22H2,1-2H3/b7-3+,8-4+,16-13-. The van der Waals surface area contributed by atoms with Gasteiger partial charge >= 0.3 is 0 Å².